The number of nitrogens with zero attached hydrogens (tertiary/aromatic N) is 2. The second-order valence-corrected chi connectivity index (χ2v) is 5.32. The maximum atomic E-state index is 12.4. The predicted molar refractivity (Wildman–Crippen MR) is 96.5 cm³/mol. The van der Waals surface area contributed by atoms with E-state index in [0.29, 0.717) is 17.1 Å². The molecule has 126 valence electrons. The molecular weight excluding hydrogens is 316 g/mol. The van der Waals surface area contributed by atoms with Crippen molar-refractivity contribution in [2.45, 2.75) is 0 Å². The Kier molecular flexibility index (Phi) is 4.95. The summed E-state index contributed by atoms with van der Waals surface area (Å²) in [6, 6.07) is 12.8. The lowest BCUT2D eigenvalue weighted by Crippen LogP contribution is -1.96. The first-order valence-corrected chi connectivity index (χ1v) is 7.74. The van der Waals surface area contributed by atoms with Crippen molar-refractivity contribution < 1.29 is 14.3 Å². The summed E-state index contributed by atoms with van der Waals surface area (Å²) in [5.41, 5.74) is 2.35. The van der Waals surface area contributed by atoms with Crippen LogP contribution in [0.1, 0.15) is 15.9 Å². The quantitative estimate of drug-likeness (QED) is 0.508. The highest BCUT2D eigenvalue weighted by atomic mass is 16.5. The third-order valence-electron chi connectivity index (χ3n) is 3.81. The van der Waals surface area contributed by atoms with Crippen molar-refractivity contribution in [2.75, 3.05) is 14.2 Å². The summed E-state index contributed by atoms with van der Waals surface area (Å²) in [5.74, 6) is 1.31. The van der Waals surface area contributed by atoms with Crippen molar-refractivity contribution in [3.05, 3.63) is 78.4 Å². The number of hydrogen-bond acceptors (Lipinski definition) is 4. The highest BCUT2D eigenvalue weighted by Crippen LogP contribution is 2.25. The molecule has 5 nitrogen and oxygen atoms in total. The topological polar surface area (TPSA) is 53.4 Å². The summed E-state index contributed by atoms with van der Waals surface area (Å²) in [5, 5.41) is 0. The van der Waals surface area contributed by atoms with E-state index in [2.05, 4.69) is 4.98 Å². The van der Waals surface area contributed by atoms with Crippen LogP contribution < -0.4 is 9.47 Å². The SMILES string of the molecule is COc1ccc(OC)c(C=CC(=O)c2ccc(-n3ccnc3)cc2)c1. The number of carbonyl (C=O) groups excluding carboxylic acids is 1. The zero-order chi connectivity index (χ0) is 17.6. The lowest BCUT2D eigenvalue weighted by Gasteiger charge is -2.07. The summed E-state index contributed by atoms with van der Waals surface area (Å²) in [6.45, 7) is 0. The lowest BCUT2D eigenvalue weighted by molar-refractivity contribution is 0.104. The van der Waals surface area contributed by atoms with Gasteiger partial charge in [-0.25, -0.2) is 4.98 Å². The first kappa shape index (κ1) is 16.5. The first-order chi connectivity index (χ1) is 12.2. The number of hydrogen-bond donors (Lipinski definition) is 0. The first-order valence-electron chi connectivity index (χ1n) is 7.74. The minimum absolute atomic E-state index is 0.0814. The number of methoxy groups -OCH3 is 2. The highest BCUT2D eigenvalue weighted by Gasteiger charge is 2.05. The zero-order valence-electron chi connectivity index (χ0n) is 14.0. The molecule has 0 aliphatic carbocycles. The van der Waals surface area contributed by atoms with E-state index in [4.69, 9.17) is 9.47 Å². The molecule has 3 aromatic rings. The third-order valence-corrected chi connectivity index (χ3v) is 3.81. The summed E-state index contributed by atoms with van der Waals surface area (Å²) in [4.78, 5) is 16.4. The average molecular weight is 334 g/mol. The fourth-order valence-corrected chi connectivity index (χ4v) is 2.44. The van der Waals surface area contributed by atoms with E-state index < -0.39 is 0 Å². The highest BCUT2D eigenvalue weighted by molar-refractivity contribution is 6.07. The summed E-state index contributed by atoms with van der Waals surface area (Å²) in [6.07, 6.45) is 8.54. The molecule has 0 unspecified atom stereocenters. The van der Waals surface area contributed by atoms with Gasteiger partial charge in [0.15, 0.2) is 5.78 Å². The molecule has 0 radical (unpaired) electrons. The van der Waals surface area contributed by atoms with Gasteiger partial charge >= 0.3 is 0 Å². The molecule has 0 saturated heterocycles. The molecule has 0 aliphatic heterocycles. The van der Waals surface area contributed by atoms with E-state index in [0.717, 1.165) is 11.3 Å². The molecule has 2 aromatic carbocycles. The largest absolute Gasteiger partial charge is 0.497 e. The molecule has 25 heavy (non-hydrogen) atoms. The van der Waals surface area contributed by atoms with Crippen LogP contribution in [0.4, 0.5) is 0 Å². The van der Waals surface area contributed by atoms with Crippen molar-refractivity contribution in [3.63, 3.8) is 0 Å². The maximum absolute atomic E-state index is 12.4. The van der Waals surface area contributed by atoms with Gasteiger partial charge in [-0.3, -0.25) is 4.79 Å². The second-order valence-electron chi connectivity index (χ2n) is 5.32. The zero-order valence-corrected chi connectivity index (χ0v) is 14.0. The van der Waals surface area contributed by atoms with Crippen LogP contribution in [0.2, 0.25) is 0 Å². The van der Waals surface area contributed by atoms with E-state index in [1.165, 1.54) is 6.08 Å². The van der Waals surface area contributed by atoms with E-state index in [-0.39, 0.29) is 5.78 Å². The van der Waals surface area contributed by atoms with E-state index in [9.17, 15) is 4.79 Å². The molecule has 0 atom stereocenters. The number of imidazole rings is 1. The van der Waals surface area contributed by atoms with Gasteiger partial charge in [0.2, 0.25) is 0 Å². The van der Waals surface area contributed by atoms with Crippen LogP contribution in [0.15, 0.2) is 67.3 Å². The molecule has 0 aliphatic rings. The Bertz CT molecular complexity index is 882. The van der Waals surface area contributed by atoms with Crippen LogP contribution in [0.5, 0.6) is 11.5 Å². The Hall–Kier alpha value is -3.34. The van der Waals surface area contributed by atoms with Crippen LogP contribution in [-0.4, -0.2) is 29.6 Å². The molecule has 1 aromatic heterocycles. The Morgan fingerprint density at radius 1 is 1.08 bits per heavy atom. The van der Waals surface area contributed by atoms with Crippen molar-refractivity contribution in [1.29, 1.82) is 0 Å². The van der Waals surface area contributed by atoms with Crippen LogP contribution in [0.3, 0.4) is 0 Å². The van der Waals surface area contributed by atoms with Gasteiger partial charge < -0.3 is 14.0 Å². The molecule has 1 heterocycles. The monoisotopic (exact) mass is 334 g/mol. The van der Waals surface area contributed by atoms with Crippen LogP contribution in [0, 0.1) is 0 Å². The van der Waals surface area contributed by atoms with Crippen LogP contribution in [0.25, 0.3) is 11.8 Å². The van der Waals surface area contributed by atoms with Gasteiger partial charge in [0.05, 0.1) is 20.5 Å². The molecule has 0 N–H and O–H groups in total. The minimum Gasteiger partial charge on any atom is -0.497 e. The smallest absolute Gasteiger partial charge is 0.185 e. The van der Waals surface area contributed by atoms with Gasteiger partial charge in [-0.1, -0.05) is 0 Å². The van der Waals surface area contributed by atoms with E-state index >= 15 is 0 Å². The summed E-state index contributed by atoms with van der Waals surface area (Å²) < 4.78 is 12.4. The number of benzene rings is 2. The molecule has 0 spiro atoms. The number of rotatable bonds is 6. The van der Waals surface area contributed by atoms with Crippen molar-refractivity contribution in [1.82, 2.24) is 9.55 Å². The Morgan fingerprint density at radius 2 is 1.88 bits per heavy atom. The van der Waals surface area contributed by atoms with Crippen molar-refractivity contribution in [2.24, 2.45) is 0 Å². The predicted octanol–water partition coefficient (Wildman–Crippen LogP) is 3.79. The fourth-order valence-electron chi connectivity index (χ4n) is 2.44. The molecule has 5 heteroatoms. The van der Waals surface area contributed by atoms with E-state index in [1.807, 2.05) is 41.1 Å². The number of aromatic nitrogens is 2. The second kappa shape index (κ2) is 7.49. The van der Waals surface area contributed by atoms with Crippen molar-refractivity contribution in [3.8, 4) is 17.2 Å². The molecule has 0 bridgehead atoms. The van der Waals surface area contributed by atoms with E-state index in [1.54, 1.807) is 45.0 Å². The van der Waals surface area contributed by atoms with Gasteiger partial charge in [-0.15, -0.1) is 0 Å². The number of ether oxygens (including phenoxy) is 2. The van der Waals surface area contributed by atoms with Crippen LogP contribution >= 0.6 is 0 Å². The molecule has 0 fully saturated rings. The minimum atomic E-state index is -0.0814. The molecule has 3 rings (SSSR count). The lowest BCUT2D eigenvalue weighted by atomic mass is 10.1. The van der Waals surface area contributed by atoms with Gasteiger partial charge in [-0.05, 0) is 54.6 Å². The maximum Gasteiger partial charge on any atom is 0.185 e. The van der Waals surface area contributed by atoms with Gasteiger partial charge in [-0.2, -0.15) is 0 Å². The Labute approximate surface area is 146 Å². The van der Waals surface area contributed by atoms with Gasteiger partial charge in [0.25, 0.3) is 0 Å². The number of carbonyl (C=O) groups is 1. The Balaban J connectivity index is 1.79. The average Bonchev–Trinajstić information content (AvgIpc) is 3.20. The molecule has 0 amide bonds. The number of ketones is 1. The Morgan fingerprint density at radius 3 is 2.52 bits per heavy atom. The van der Waals surface area contributed by atoms with Gasteiger partial charge in [0, 0.05) is 29.2 Å². The van der Waals surface area contributed by atoms with Crippen LogP contribution in [-0.2, 0) is 0 Å². The molecular formula is C20H18N2O3. The summed E-state index contributed by atoms with van der Waals surface area (Å²) >= 11 is 0. The normalized spacial score (nSPS) is 10.8. The fraction of sp³-hybridized carbons (Fsp3) is 0.100. The van der Waals surface area contributed by atoms with Crippen molar-refractivity contribution >= 4 is 11.9 Å². The van der Waals surface area contributed by atoms with Gasteiger partial charge in [0.1, 0.15) is 11.5 Å². The molecule has 0 saturated carbocycles. The third kappa shape index (κ3) is 3.77. The number of allylic oxidation sites excluding steroid dienone is 1. The standard InChI is InChI=1S/C20H18N2O3/c1-24-18-8-10-20(25-2)16(13-18)5-9-19(23)15-3-6-17(7-4-15)22-12-11-21-14-22/h3-14H,1-2H3. The summed E-state index contributed by atoms with van der Waals surface area (Å²) in [7, 11) is 3.19.